The molecule has 0 saturated heterocycles. The zero-order valence-corrected chi connectivity index (χ0v) is 13.2. The molecule has 0 unspecified atom stereocenters. The SMILES string of the molecule is O=C(CCCCl)Nc1ncc(Cc2cccc([N+](=O)[O-])c2)s1. The number of rotatable bonds is 7. The van der Waals surface area contributed by atoms with Gasteiger partial charge in [-0.15, -0.1) is 22.9 Å². The molecule has 0 bridgehead atoms. The fraction of sp³-hybridized carbons (Fsp3) is 0.286. The number of anilines is 1. The van der Waals surface area contributed by atoms with Gasteiger partial charge in [0.05, 0.1) is 4.92 Å². The van der Waals surface area contributed by atoms with Gasteiger partial charge in [0.15, 0.2) is 5.13 Å². The predicted octanol–water partition coefficient (Wildman–Crippen LogP) is 3.60. The maximum atomic E-state index is 11.6. The number of aromatic nitrogens is 1. The van der Waals surface area contributed by atoms with E-state index in [1.54, 1.807) is 18.3 Å². The molecule has 8 heteroatoms. The van der Waals surface area contributed by atoms with E-state index in [-0.39, 0.29) is 11.6 Å². The van der Waals surface area contributed by atoms with Crippen LogP contribution in [0.2, 0.25) is 0 Å². The smallest absolute Gasteiger partial charge is 0.269 e. The molecular formula is C14H14ClN3O3S. The number of hydrogen-bond donors (Lipinski definition) is 1. The Morgan fingerprint density at radius 1 is 1.45 bits per heavy atom. The second-order valence-corrected chi connectivity index (χ2v) is 6.07. The van der Waals surface area contributed by atoms with E-state index >= 15 is 0 Å². The molecule has 116 valence electrons. The minimum Gasteiger partial charge on any atom is -0.302 e. The van der Waals surface area contributed by atoms with E-state index in [0.717, 1.165) is 10.4 Å². The lowest BCUT2D eigenvalue weighted by Crippen LogP contribution is -2.10. The van der Waals surface area contributed by atoms with E-state index in [9.17, 15) is 14.9 Å². The zero-order chi connectivity index (χ0) is 15.9. The first-order valence-corrected chi connectivity index (χ1v) is 7.97. The number of thiazole rings is 1. The monoisotopic (exact) mass is 339 g/mol. The lowest BCUT2D eigenvalue weighted by atomic mass is 10.1. The van der Waals surface area contributed by atoms with E-state index < -0.39 is 4.92 Å². The number of halogens is 1. The summed E-state index contributed by atoms with van der Waals surface area (Å²) in [6, 6.07) is 6.48. The molecule has 0 atom stereocenters. The Hall–Kier alpha value is -1.99. The summed E-state index contributed by atoms with van der Waals surface area (Å²) in [7, 11) is 0. The van der Waals surface area contributed by atoms with Gasteiger partial charge in [0.1, 0.15) is 0 Å². The molecule has 2 rings (SSSR count). The van der Waals surface area contributed by atoms with Gasteiger partial charge in [-0.05, 0) is 12.0 Å². The Balaban J connectivity index is 1.98. The second kappa shape index (κ2) is 7.86. The third kappa shape index (κ3) is 4.78. The predicted molar refractivity (Wildman–Crippen MR) is 86.6 cm³/mol. The molecule has 0 aliphatic carbocycles. The molecule has 0 fully saturated rings. The fourth-order valence-electron chi connectivity index (χ4n) is 1.84. The Kier molecular flexibility index (Phi) is 5.85. The van der Waals surface area contributed by atoms with Crippen LogP contribution in [0.1, 0.15) is 23.3 Å². The number of carbonyl (C=O) groups is 1. The highest BCUT2D eigenvalue weighted by Gasteiger charge is 2.09. The topological polar surface area (TPSA) is 85.1 Å². The molecular weight excluding hydrogens is 326 g/mol. The van der Waals surface area contributed by atoms with Crippen molar-refractivity contribution in [3.8, 4) is 0 Å². The summed E-state index contributed by atoms with van der Waals surface area (Å²) >= 11 is 6.89. The lowest BCUT2D eigenvalue weighted by molar-refractivity contribution is -0.384. The van der Waals surface area contributed by atoms with Gasteiger partial charge in [-0.1, -0.05) is 12.1 Å². The maximum Gasteiger partial charge on any atom is 0.269 e. The van der Waals surface area contributed by atoms with E-state index in [1.807, 2.05) is 6.07 Å². The number of nitrogens with one attached hydrogen (secondary N) is 1. The molecule has 22 heavy (non-hydrogen) atoms. The molecule has 0 spiro atoms. The molecule has 0 aliphatic heterocycles. The van der Waals surface area contributed by atoms with Gasteiger partial charge in [0, 0.05) is 41.9 Å². The van der Waals surface area contributed by atoms with Crippen molar-refractivity contribution >= 4 is 39.7 Å². The van der Waals surface area contributed by atoms with E-state index in [0.29, 0.717) is 30.3 Å². The molecule has 2 aromatic rings. The molecule has 1 amide bonds. The van der Waals surface area contributed by atoms with Gasteiger partial charge in [0.2, 0.25) is 5.91 Å². The Morgan fingerprint density at radius 2 is 2.27 bits per heavy atom. The van der Waals surface area contributed by atoms with Crippen LogP contribution in [0, 0.1) is 10.1 Å². The van der Waals surface area contributed by atoms with Crippen LogP contribution >= 0.6 is 22.9 Å². The van der Waals surface area contributed by atoms with Gasteiger partial charge in [-0.25, -0.2) is 4.98 Å². The first kappa shape index (κ1) is 16.4. The zero-order valence-electron chi connectivity index (χ0n) is 11.6. The summed E-state index contributed by atoms with van der Waals surface area (Å²) in [5, 5.41) is 14.0. The first-order valence-electron chi connectivity index (χ1n) is 6.62. The quantitative estimate of drug-likeness (QED) is 0.474. The van der Waals surface area contributed by atoms with Crippen LogP contribution in [0.25, 0.3) is 0 Å². The van der Waals surface area contributed by atoms with Crippen LogP contribution in [0.3, 0.4) is 0 Å². The summed E-state index contributed by atoms with van der Waals surface area (Å²) in [4.78, 5) is 27.0. The third-order valence-corrected chi connectivity index (χ3v) is 4.02. The molecule has 0 saturated carbocycles. The number of benzene rings is 1. The lowest BCUT2D eigenvalue weighted by Gasteiger charge is -2.00. The molecule has 1 aromatic heterocycles. The van der Waals surface area contributed by atoms with E-state index in [4.69, 9.17) is 11.6 Å². The first-order chi connectivity index (χ1) is 10.6. The normalized spacial score (nSPS) is 10.4. The number of carbonyl (C=O) groups excluding carboxylic acids is 1. The van der Waals surface area contributed by atoms with Crippen LogP contribution in [0.4, 0.5) is 10.8 Å². The van der Waals surface area contributed by atoms with Crippen molar-refractivity contribution in [1.82, 2.24) is 4.98 Å². The summed E-state index contributed by atoms with van der Waals surface area (Å²) in [5.41, 5.74) is 0.898. The largest absolute Gasteiger partial charge is 0.302 e. The van der Waals surface area contributed by atoms with Crippen molar-refractivity contribution < 1.29 is 9.72 Å². The van der Waals surface area contributed by atoms with E-state index in [1.165, 1.54) is 17.4 Å². The number of nitrogens with zero attached hydrogens (tertiary/aromatic N) is 2. The summed E-state index contributed by atoms with van der Waals surface area (Å²) in [6.07, 6.45) is 3.19. The summed E-state index contributed by atoms with van der Waals surface area (Å²) < 4.78 is 0. The van der Waals surface area contributed by atoms with Crippen molar-refractivity contribution in [2.24, 2.45) is 0 Å². The standard InChI is InChI=1S/C14H14ClN3O3S/c15-6-2-5-13(19)17-14-16-9-12(22-14)8-10-3-1-4-11(7-10)18(20)21/h1,3-4,7,9H,2,5-6,8H2,(H,16,17,19). The highest BCUT2D eigenvalue weighted by molar-refractivity contribution is 7.15. The molecule has 0 aliphatic rings. The average molecular weight is 340 g/mol. The number of alkyl halides is 1. The molecule has 0 radical (unpaired) electrons. The van der Waals surface area contributed by atoms with Crippen molar-refractivity contribution in [2.45, 2.75) is 19.3 Å². The van der Waals surface area contributed by atoms with Crippen molar-refractivity contribution in [3.05, 3.63) is 51.0 Å². The highest BCUT2D eigenvalue weighted by atomic mass is 35.5. The molecule has 1 aromatic carbocycles. The Morgan fingerprint density at radius 3 is 3.00 bits per heavy atom. The summed E-state index contributed by atoms with van der Waals surface area (Å²) in [6.45, 7) is 0. The average Bonchev–Trinajstić information content (AvgIpc) is 2.92. The van der Waals surface area contributed by atoms with Gasteiger partial charge < -0.3 is 5.32 Å². The molecule has 6 nitrogen and oxygen atoms in total. The van der Waals surface area contributed by atoms with E-state index in [2.05, 4.69) is 10.3 Å². The van der Waals surface area contributed by atoms with Crippen LogP contribution < -0.4 is 5.32 Å². The highest BCUT2D eigenvalue weighted by Crippen LogP contribution is 2.23. The van der Waals surface area contributed by atoms with Gasteiger partial charge in [0.25, 0.3) is 5.69 Å². The minimum absolute atomic E-state index is 0.0663. The van der Waals surface area contributed by atoms with Crippen LogP contribution in [0.15, 0.2) is 30.5 Å². The van der Waals surface area contributed by atoms with Crippen molar-refractivity contribution in [3.63, 3.8) is 0 Å². The van der Waals surface area contributed by atoms with Gasteiger partial charge in [-0.3, -0.25) is 14.9 Å². The third-order valence-electron chi connectivity index (χ3n) is 2.84. The van der Waals surface area contributed by atoms with Crippen LogP contribution in [0.5, 0.6) is 0 Å². The van der Waals surface area contributed by atoms with Gasteiger partial charge in [-0.2, -0.15) is 0 Å². The van der Waals surface area contributed by atoms with Crippen LogP contribution in [-0.4, -0.2) is 21.7 Å². The number of hydrogen-bond acceptors (Lipinski definition) is 5. The number of nitro groups is 1. The van der Waals surface area contributed by atoms with Crippen LogP contribution in [-0.2, 0) is 11.2 Å². The van der Waals surface area contributed by atoms with Crippen molar-refractivity contribution in [2.75, 3.05) is 11.2 Å². The summed E-state index contributed by atoms with van der Waals surface area (Å²) in [5.74, 6) is 0.334. The number of nitro benzene ring substituents is 1. The Bertz CT molecular complexity index is 675. The number of amides is 1. The van der Waals surface area contributed by atoms with Gasteiger partial charge >= 0.3 is 0 Å². The minimum atomic E-state index is -0.418. The Labute approximate surface area is 136 Å². The molecule has 1 heterocycles. The molecule has 1 N–H and O–H groups in total. The van der Waals surface area contributed by atoms with Crippen molar-refractivity contribution in [1.29, 1.82) is 0 Å². The number of non-ortho nitro benzene ring substituents is 1. The fourth-order valence-corrected chi connectivity index (χ4v) is 2.83. The maximum absolute atomic E-state index is 11.6. The second-order valence-electron chi connectivity index (χ2n) is 4.58.